The topological polar surface area (TPSA) is 35.2 Å². The minimum atomic E-state index is 0.802. The first-order valence-corrected chi connectivity index (χ1v) is 6.38. The molecule has 2 rings (SSSR count). The molecule has 2 nitrogen and oxygen atoms in total. The molecule has 0 aliphatic heterocycles. The molecule has 0 fully saturated rings. The quantitative estimate of drug-likeness (QED) is 0.660. The Morgan fingerprint density at radius 1 is 1.12 bits per heavy atom. The molecule has 0 spiro atoms. The van der Waals surface area contributed by atoms with Crippen molar-refractivity contribution in [3.05, 3.63) is 54.1 Å². The Labute approximate surface area is 106 Å². The van der Waals surface area contributed by atoms with Crippen LogP contribution in [0, 0.1) is 0 Å². The van der Waals surface area contributed by atoms with Crippen LogP contribution in [0.4, 0.5) is 5.69 Å². The predicted octanol–water partition coefficient (Wildman–Crippen LogP) is 3.57. The maximum atomic E-state index is 5.65. The molecule has 0 unspecified atom stereocenters. The zero-order chi connectivity index (χ0) is 12.1. The number of nitrogens with two attached hydrogens (primary N) is 1. The zero-order valence-corrected chi connectivity index (χ0v) is 10.5. The van der Waals surface area contributed by atoms with Crippen molar-refractivity contribution >= 4 is 17.4 Å². The fourth-order valence-corrected chi connectivity index (χ4v) is 2.33. The van der Waals surface area contributed by atoms with Gasteiger partial charge in [-0.1, -0.05) is 12.1 Å². The number of rotatable bonds is 4. The molecule has 88 valence electrons. The van der Waals surface area contributed by atoms with Crippen molar-refractivity contribution in [2.45, 2.75) is 10.6 Å². The maximum Gasteiger partial charge on any atom is 0.119 e. The highest BCUT2D eigenvalue weighted by molar-refractivity contribution is 7.98. The molecule has 0 amide bonds. The van der Waals surface area contributed by atoms with Gasteiger partial charge < -0.3 is 10.5 Å². The van der Waals surface area contributed by atoms with Crippen LogP contribution in [-0.4, -0.2) is 7.11 Å². The number of methoxy groups -OCH3 is 1. The third kappa shape index (κ3) is 3.43. The smallest absolute Gasteiger partial charge is 0.119 e. The Bertz CT molecular complexity index is 482. The van der Waals surface area contributed by atoms with Gasteiger partial charge in [-0.05, 0) is 42.0 Å². The van der Waals surface area contributed by atoms with Gasteiger partial charge in [0.15, 0.2) is 0 Å². The highest BCUT2D eigenvalue weighted by atomic mass is 32.2. The Balaban J connectivity index is 1.99. The molecule has 0 saturated heterocycles. The van der Waals surface area contributed by atoms with Crippen molar-refractivity contribution in [2.24, 2.45) is 0 Å². The second kappa shape index (κ2) is 5.64. The number of thioether (sulfide) groups is 1. The molecule has 0 saturated carbocycles. The molecule has 17 heavy (non-hydrogen) atoms. The van der Waals surface area contributed by atoms with Crippen LogP contribution < -0.4 is 10.5 Å². The second-order valence-corrected chi connectivity index (χ2v) is 4.76. The van der Waals surface area contributed by atoms with E-state index in [1.165, 1.54) is 10.5 Å². The fourth-order valence-electron chi connectivity index (χ4n) is 1.49. The van der Waals surface area contributed by atoms with Gasteiger partial charge in [0.2, 0.25) is 0 Å². The largest absolute Gasteiger partial charge is 0.497 e. The number of hydrogen-bond donors (Lipinski definition) is 1. The van der Waals surface area contributed by atoms with E-state index < -0.39 is 0 Å². The van der Waals surface area contributed by atoms with E-state index in [1.54, 1.807) is 18.9 Å². The lowest BCUT2D eigenvalue weighted by atomic mass is 10.2. The molecular formula is C14H15NOS. The van der Waals surface area contributed by atoms with Gasteiger partial charge in [0, 0.05) is 16.3 Å². The van der Waals surface area contributed by atoms with Crippen molar-refractivity contribution in [3.63, 3.8) is 0 Å². The van der Waals surface area contributed by atoms with Gasteiger partial charge in [-0.2, -0.15) is 0 Å². The average molecular weight is 245 g/mol. The number of ether oxygens (including phenoxy) is 1. The molecule has 2 N–H and O–H groups in total. The number of hydrogen-bond acceptors (Lipinski definition) is 3. The summed E-state index contributed by atoms with van der Waals surface area (Å²) >= 11 is 1.79. The first-order chi connectivity index (χ1) is 8.28. The van der Waals surface area contributed by atoms with E-state index in [2.05, 4.69) is 12.1 Å². The van der Waals surface area contributed by atoms with Gasteiger partial charge in [-0.15, -0.1) is 11.8 Å². The van der Waals surface area contributed by atoms with Gasteiger partial charge in [0.1, 0.15) is 5.75 Å². The molecule has 0 heterocycles. The maximum absolute atomic E-state index is 5.65. The summed E-state index contributed by atoms with van der Waals surface area (Å²) in [4.78, 5) is 1.22. The standard InChI is InChI=1S/C14H15NOS/c1-16-13-4-2-3-11(9-13)10-17-14-7-5-12(15)6-8-14/h2-9H,10,15H2,1H3. The third-order valence-electron chi connectivity index (χ3n) is 2.42. The van der Waals surface area contributed by atoms with Crippen LogP contribution in [-0.2, 0) is 5.75 Å². The van der Waals surface area contributed by atoms with Crippen LogP contribution in [0.3, 0.4) is 0 Å². The summed E-state index contributed by atoms with van der Waals surface area (Å²) < 4.78 is 5.20. The van der Waals surface area contributed by atoms with Crippen molar-refractivity contribution in [2.75, 3.05) is 12.8 Å². The lowest BCUT2D eigenvalue weighted by Gasteiger charge is -2.04. The molecule has 0 aliphatic rings. The van der Waals surface area contributed by atoms with E-state index in [-0.39, 0.29) is 0 Å². The van der Waals surface area contributed by atoms with E-state index >= 15 is 0 Å². The van der Waals surface area contributed by atoms with Crippen LogP contribution in [0.2, 0.25) is 0 Å². The Morgan fingerprint density at radius 3 is 2.59 bits per heavy atom. The Hall–Kier alpha value is -1.61. The molecule has 2 aromatic carbocycles. The fraction of sp³-hybridized carbons (Fsp3) is 0.143. The number of benzene rings is 2. The highest BCUT2D eigenvalue weighted by Crippen LogP contribution is 2.25. The second-order valence-electron chi connectivity index (χ2n) is 3.71. The van der Waals surface area contributed by atoms with Gasteiger partial charge >= 0.3 is 0 Å². The van der Waals surface area contributed by atoms with E-state index in [0.29, 0.717) is 0 Å². The normalized spacial score (nSPS) is 10.2. The predicted molar refractivity (Wildman–Crippen MR) is 73.4 cm³/mol. The highest BCUT2D eigenvalue weighted by Gasteiger charge is 1.98. The summed E-state index contributed by atoms with van der Waals surface area (Å²) in [5.74, 6) is 1.83. The minimum Gasteiger partial charge on any atom is -0.497 e. The van der Waals surface area contributed by atoms with E-state index in [0.717, 1.165) is 17.2 Å². The van der Waals surface area contributed by atoms with Crippen molar-refractivity contribution in [1.82, 2.24) is 0 Å². The van der Waals surface area contributed by atoms with Gasteiger partial charge in [-0.25, -0.2) is 0 Å². The zero-order valence-electron chi connectivity index (χ0n) is 9.72. The summed E-state index contributed by atoms with van der Waals surface area (Å²) in [5, 5.41) is 0. The SMILES string of the molecule is COc1cccc(CSc2ccc(N)cc2)c1. The number of nitrogen functional groups attached to an aromatic ring is 1. The summed E-state index contributed by atoms with van der Waals surface area (Å²) in [7, 11) is 1.69. The van der Waals surface area contributed by atoms with Gasteiger partial charge in [-0.3, -0.25) is 0 Å². The van der Waals surface area contributed by atoms with Crippen LogP contribution in [0.25, 0.3) is 0 Å². The van der Waals surface area contributed by atoms with E-state index in [1.807, 2.05) is 36.4 Å². The summed E-state index contributed by atoms with van der Waals surface area (Å²) in [6, 6.07) is 16.1. The van der Waals surface area contributed by atoms with Crippen LogP contribution in [0.15, 0.2) is 53.4 Å². The van der Waals surface area contributed by atoms with Gasteiger partial charge in [0.25, 0.3) is 0 Å². The third-order valence-corrected chi connectivity index (χ3v) is 3.50. The molecule has 2 aromatic rings. The van der Waals surface area contributed by atoms with Crippen molar-refractivity contribution in [1.29, 1.82) is 0 Å². The summed E-state index contributed by atoms with van der Waals surface area (Å²) in [6.45, 7) is 0. The van der Waals surface area contributed by atoms with E-state index in [9.17, 15) is 0 Å². The lowest BCUT2D eigenvalue weighted by molar-refractivity contribution is 0.414. The van der Waals surface area contributed by atoms with Crippen molar-refractivity contribution < 1.29 is 4.74 Å². The average Bonchev–Trinajstić information content (AvgIpc) is 2.38. The van der Waals surface area contributed by atoms with Crippen LogP contribution >= 0.6 is 11.8 Å². The van der Waals surface area contributed by atoms with Crippen LogP contribution in [0.5, 0.6) is 5.75 Å². The summed E-state index contributed by atoms with van der Waals surface area (Å²) in [5.41, 5.74) is 7.70. The molecule has 0 aromatic heterocycles. The minimum absolute atomic E-state index is 0.802. The first-order valence-electron chi connectivity index (χ1n) is 5.39. The molecule has 0 bridgehead atoms. The van der Waals surface area contributed by atoms with Crippen molar-refractivity contribution in [3.8, 4) is 5.75 Å². The first kappa shape index (κ1) is 11.9. The molecule has 0 aliphatic carbocycles. The Morgan fingerprint density at radius 2 is 1.88 bits per heavy atom. The lowest BCUT2D eigenvalue weighted by Crippen LogP contribution is -1.86. The monoisotopic (exact) mass is 245 g/mol. The summed E-state index contributed by atoms with van der Waals surface area (Å²) in [6.07, 6.45) is 0. The number of anilines is 1. The van der Waals surface area contributed by atoms with Crippen LogP contribution in [0.1, 0.15) is 5.56 Å². The molecule has 0 atom stereocenters. The van der Waals surface area contributed by atoms with E-state index in [4.69, 9.17) is 10.5 Å². The Kier molecular flexibility index (Phi) is 3.94. The molecule has 0 radical (unpaired) electrons. The van der Waals surface area contributed by atoms with Gasteiger partial charge in [0.05, 0.1) is 7.11 Å². The molecular weight excluding hydrogens is 230 g/mol. The molecule has 3 heteroatoms.